The lowest BCUT2D eigenvalue weighted by Gasteiger charge is -2.27. The molecule has 1 aromatic carbocycles. The minimum Gasteiger partial charge on any atom is -0.486 e. The van der Waals surface area contributed by atoms with Gasteiger partial charge in [-0.3, -0.25) is 9.59 Å². The number of amides is 2. The van der Waals surface area contributed by atoms with Gasteiger partial charge in [-0.25, -0.2) is 0 Å². The van der Waals surface area contributed by atoms with Crippen LogP contribution in [0.2, 0.25) is 0 Å². The molecule has 3 heterocycles. The van der Waals surface area contributed by atoms with Crippen LogP contribution in [0, 0.1) is 0 Å². The van der Waals surface area contributed by atoms with Gasteiger partial charge >= 0.3 is 0 Å². The first-order chi connectivity index (χ1) is 14.6. The first-order valence-electron chi connectivity index (χ1n) is 9.63. The highest BCUT2D eigenvalue weighted by molar-refractivity contribution is 7.10. The van der Waals surface area contributed by atoms with Gasteiger partial charge in [0.2, 0.25) is 11.8 Å². The maximum atomic E-state index is 13.4. The third-order valence-electron chi connectivity index (χ3n) is 4.68. The van der Waals surface area contributed by atoms with E-state index in [1.807, 2.05) is 53.2 Å². The lowest BCUT2D eigenvalue weighted by Crippen LogP contribution is -2.35. The Kier molecular flexibility index (Phi) is 6.35. The van der Waals surface area contributed by atoms with Crippen LogP contribution in [0.25, 0.3) is 0 Å². The van der Waals surface area contributed by atoms with Crippen molar-refractivity contribution in [2.75, 3.05) is 18.1 Å². The highest BCUT2D eigenvalue weighted by Gasteiger charge is 2.25. The van der Waals surface area contributed by atoms with Crippen LogP contribution in [-0.2, 0) is 16.1 Å². The van der Waals surface area contributed by atoms with E-state index in [1.165, 1.54) is 18.3 Å². The number of hydrogen-bond donors (Lipinski definition) is 1. The summed E-state index contributed by atoms with van der Waals surface area (Å²) in [6, 6.07) is 13.0. The van der Waals surface area contributed by atoms with Crippen molar-refractivity contribution in [1.29, 1.82) is 0 Å². The molecule has 0 bridgehead atoms. The number of fused-ring (bicyclic) bond motifs is 1. The monoisotopic (exact) mass is 442 g/mol. The fraction of sp³-hybridized carbons (Fsp3) is 0.273. The molecule has 0 saturated carbocycles. The molecule has 1 atom stereocenters. The summed E-state index contributed by atoms with van der Waals surface area (Å²) in [4.78, 5) is 28.9. The molecule has 1 N–H and O–H groups in total. The summed E-state index contributed by atoms with van der Waals surface area (Å²) in [5.74, 6) is 1.08. The number of benzene rings is 1. The third kappa shape index (κ3) is 4.83. The molecule has 4 rings (SSSR count). The molecule has 1 aliphatic rings. The summed E-state index contributed by atoms with van der Waals surface area (Å²) >= 11 is 3.13. The van der Waals surface area contributed by atoms with Gasteiger partial charge in [-0.05, 0) is 35.0 Å². The number of nitrogens with zero attached hydrogens (tertiary/aromatic N) is 1. The van der Waals surface area contributed by atoms with E-state index < -0.39 is 0 Å². The molecule has 2 amide bonds. The third-order valence-corrected chi connectivity index (χ3v) is 6.52. The lowest BCUT2D eigenvalue weighted by atomic mass is 10.1. The van der Waals surface area contributed by atoms with E-state index in [-0.39, 0.29) is 24.3 Å². The van der Waals surface area contributed by atoms with Crippen LogP contribution in [0.4, 0.5) is 5.69 Å². The Balaban J connectivity index is 1.61. The second kappa shape index (κ2) is 9.32. The van der Waals surface area contributed by atoms with Crippen molar-refractivity contribution in [3.8, 4) is 11.5 Å². The Morgan fingerprint density at radius 2 is 1.83 bits per heavy atom. The average molecular weight is 443 g/mol. The fourth-order valence-corrected chi connectivity index (χ4v) is 4.79. The number of rotatable bonds is 7. The van der Waals surface area contributed by atoms with Crippen molar-refractivity contribution in [3.63, 3.8) is 0 Å². The highest BCUT2D eigenvalue weighted by Crippen LogP contribution is 2.35. The number of anilines is 1. The Hall–Kier alpha value is -2.84. The van der Waals surface area contributed by atoms with Gasteiger partial charge < -0.3 is 19.7 Å². The molecule has 6 nitrogen and oxygen atoms in total. The van der Waals surface area contributed by atoms with Crippen LogP contribution in [0.5, 0.6) is 11.5 Å². The Morgan fingerprint density at radius 1 is 1.07 bits per heavy atom. The smallest absolute Gasteiger partial charge is 0.229 e. The van der Waals surface area contributed by atoms with E-state index in [9.17, 15) is 9.59 Å². The van der Waals surface area contributed by atoms with Crippen molar-refractivity contribution >= 4 is 40.2 Å². The van der Waals surface area contributed by atoms with E-state index >= 15 is 0 Å². The van der Waals surface area contributed by atoms with Gasteiger partial charge in [0.05, 0.1) is 19.0 Å². The van der Waals surface area contributed by atoms with Crippen LogP contribution in [0.1, 0.15) is 29.1 Å². The number of carbonyl (C=O) groups is 2. The van der Waals surface area contributed by atoms with Crippen LogP contribution < -0.4 is 19.7 Å². The first-order valence-corrected chi connectivity index (χ1v) is 11.4. The quantitative estimate of drug-likeness (QED) is 0.590. The molecule has 3 aromatic rings. The Bertz CT molecular complexity index is 1000. The van der Waals surface area contributed by atoms with Crippen LogP contribution in [0.3, 0.4) is 0 Å². The minimum absolute atomic E-state index is 0.0766. The van der Waals surface area contributed by atoms with E-state index in [1.54, 1.807) is 16.2 Å². The van der Waals surface area contributed by atoms with Crippen molar-refractivity contribution in [1.82, 2.24) is 5.32 Å². The predicted octanol–water partition coefficient (Wildman–Crippen LogP) is 4.38. The largest absolute Gasteiger partial charge is 0.486 e. The molecule has 0 radical (unpaired) electrons. The van der Waals surface area contributed by atoms with Crippen LogP contribution >= 0.6 is 22.7 Å². The molecule has 156 valence electrons. The SMILES string of the molecule is CC(=O)NC(CC(=O)N(Cc1cccs1)c1ccc2c(c1)OCCO2)c1cccs1. The van der Waals surface area contributed by atoms with Gasteiger partial charge in [0.25, 0.3) is 0 Å². The minimum atomic E-state index is -0.363. The standard InChI is InChI=1S/C22H22N2O4S2/c1-15(25)23-18(21-5-3-11-30-21)13-22(26)24(14-17-4-2-10-29-17)16-6-7-19-20(12-16)28-9-8-27-19/h2-7,10-12,18H,8-9,13-14H2,1H3,(H,23,25). The summed E-state index contributed by atoms with van der Waals surface area (Å²) in [5, 5.41) is 6.85. The number of carbonyl (C=O) groups excluding carboxylic acids is 2. The molecule has 0 fully saturated rings. The zero-order chi connectivity index (χ0) is 20.9. The maximum absolute atomic E-state index is 13.4. The summed E-state index contributed by atoms with van der Waals surface area (Å²) in [6.45, 7) is 2.92. The molecular weight excluding hydrogens is 420 g/mol. The van der Waals surface area contributed by atoms with Gasteiger partial charge in [-0.1, -0.05) is 12.1 Å². The number of hydrogen-bond acceptors (Lipinski definition) is 6. The van der Waals surface area contributed by atoms with Crippen molar-refractivity contribution in [2.45, 2.75) is 25.9 Å². The van der Waals surface area contributed by atoms with E-state index in [4.69, 9.17) is 9.47 Å². The zero-order valence-corrected chi connectivity index (χ0v) is 18.1. The summed E-state index contributed by atoms with van der Waals surface area (Å²) in [7, 11) is 0. The molecule has 1 aliphatic heterocycles. The first kappa shape index (κ1) is 20.4. The zero-order valence-electron chi connectivity index (χ0n) is 16.5. The number of nitrogens with one attached hydrogen (secondary N) is 1. The van der Waals surface area contributed by atoms with Crippen LogP contribution in [0.15, 0.2) is 53.2 Å². The topological polar surface area (TPSA) is 67.9 Å². The molecule has 8 heteroatoms. The molecule has 0 aliphatic carbocycles. The predicted molar refractivity (Wildman–Crippen MR) is 118 cm³/mol. The summed E-state index contributed by atoms with van der Waals surface area (Å²) in [5.41, 5.74) is 0.741. The molecule has 30 heavy (non-hydrogen) atoms. The summed E-state index contributed by atoms with van der Waals surface area (Å²) < 4.78 is 11.3. The van der Waals surface area contributed by atoms with Crippen molar-refractivity contribution < 1.29 is 19.1 Å². The highest BCUT2D eigenvalue weighted by atomic mass is 32.1. The average Bonchev–Trinajstić information content (AvgIpc) is 3.45. The number of thiophene rings is 2. The normalized spacial score (nSPS) is 13.5. The van der Waals surface area contributed by atoms with Gasteiger partial charge in [-0.15, -0.1) is 22.7 Å². The van der Waals surface area contributed by atoms with Gasteiger partial charge in [0.1, 0.15) is 13.2 Å². The van der Waals surface area contributed by atoms with E-state index in [0.29, 0.717) is 31.3 Å². The second-order valence-corrected chi connectivity index (χ2v) is 8.87. The fourth-order valence-electron chi connectivity index (χ4n) is 3.32. The maximum Gasteiger partial charge on any atom is 0.229 e. The summed E-state index contributed by atoms with van der Waals surface area (Å²) in [6.07, 6.45) is 0.167. The Morgan fingerprint density at radius 3 is 2.53 bits per heavy atom. The van der Waals surface area contributed by atoms with Crippen molar-refractivity contribution in [3.05, 3.63) is 63.0 Å². The van der Waals surface area contributed by atoms with Gasteiger partial charge in [-0.2, -0.15) is 0 Å². The second-order valence-electron chi connectivity index (χ2n) is 6.86. The molecule has 0 spiro atoms. The lowest BCUT2D eigenvalue weighted by molar-refractivity contribution is -0.121. The van der Waals surface area contributed by atoms with Crippen molar-refractivity contribution in [2.24, 2.45) is 0 Å². The number of ether oxygens (including phenoxy) is 2. The molecule has 1 unspecified atom stereocenters. The van der Waals surface area contributed by atoms with Gasteiger partial charge in [0, 0.05) is 28.4 Å². The van der Waals surface area contributed by atoms with Crippen LogP contribution in [-0.4, -0.2) is 25.0 Å². The molecular formula is C22H22N2O4S2. The molecule has 0 saturated heterocycles. The molecule has 2 aromatic heterocycles. The Labute approximate surface area is 183 Å². The van der Waals surface area contributed by atoms with E-state index in [0.717, 1.165) is 15.4 Å². The van der Waals surface area contributed by atoms with Gasteiger partial charge in [0.15, 0.2) is 11.5 Å². The van der Waals surface area contributed by atoms with E-state index in [2.05, 4.69) is 5.32 Å².